The molecule has 17 heavy (non-hydrogen) atoms. The van der Waals surface area contributed by atoms with Crippen molar-refractivity contribution in [1.29, 1.82) is 0 Å². The van der Waals surface area contributed by atoms with Gasteiger partial charge in [0.15, 0.2) is 0 Å². The van der Waals surface area contributed by atoms with Crippen molar-refractivity contribution in [2.45, 2.75) is 25.4 Å². The summed E-state index contributed by atoms with van der Waals surface area (Å²) in [6.07, 6.45) is -0.893. The number of nitrogens with one attached hydrogen (secondary N) is 1. The van der Waals surface area contributed by atoms with Crippen LogP contribution in [0.25, 0.3) is 0 Å². The van der Waals surface area contributed by atoms with Crippen LogP contribution in [0, 0.1) is 0 Å². The standard InChI is InChI=1S/C10H12F3N3O/c11-10(12,13)3-1-9(17)16-4-2-8-7-14-5-6-15-8/h5-7H,1-4H2,(H,16,17). The Morgan fingerprint density at radius 1 is 1.35 bits per heavy atom. The summed E-state index contributed by atoms with van der Waals surface area (Å²) in [6.45, 7) is 0.259. The third kappa shape index (κ3) is 6.49. The Hall–Kier alpha value is -1.66. The molecule has 7 heteroatoms. The number of amides is 1. The van der Waals surface area contributed by atoms with Gasteiger partial charge in [-0.15, -0.1) is 0 Å². The number of nitrogens with zero attached hydrogens (tertiary/aromatic N) is 2. The smallest absolute Gasteiger partial charge is 0.356 e. The first-order chi connectivity index (χ1) is 7.97. The number of carbonyl (C=O) groups is 1. The van der Waals surface area contributed by atoms with Gasteiger partial charge >= 0.3 is 6.18 Å². The zero-order chi connectivity index (χ0) is 12.7. The molecule has 94 valence electrons. The minimum absolute atomic E-state index is 0.259. The normalized spacial score (nSPS) is 11.2. The molecule has 1 amide bonds. The molecule has 0 aliphatic rings. The molecule has 1 aromatic heterocycles. The fourth-order valence-corrected chi connectivity index (χ4v) is 1.13. The number of hydrogen-bond donors (Lipinski definition) is 1. The van der Waals surface area contributed by atoms with Crippen LogP contribution in [-0.4, -0.2) is 28.6 Å². The van der Waals surface area contributed by atoms with Crippen LogP contribution in [0.5, 0.6) is 0 Å². The number of carbonyl (C=O) groups excluding carboxylic acids is 1. The largest absolute Gasteiger partial charge is 0.389 e. The van der Waals surface area contributed by atoms with Crippen molar-refractivity contribution in [1.82, 2.24) is 15.3 Å². The highest BCUT2D eigenvalue weighted by Gasteiger charge is 2.27. The van der Waals surface area contributed by atoms with Crippen molar-refractivity contribution in [3.05, 3.63) is 24.3 Å². The second kappa shape index (κ2) is 6.17. The lowest BCUT2D eigenvalue weighted by atomic mass is 10.2. The van der Waals surface area contributed by atoms with Gasteiger partial charge in [0.25, 0.3) is 0 Å². The molecule has 0 saturated carbocycles. The van der Waals surface area contributed by atoms with Gasteiger partial charge in [-0.3, -0.25) is 14.8 Å². The van der Waals surface area contributed by atoms with E-state index >= 15 is 0 Å². The number of hydrogen-bond acceptors (Lipinski definition) is 3. The lowest BCUT2D eigenvalue weighted by Gasteiger charge is -2.06. The Labute approximate surface area is 96.3 Å². The molecule has 0 fully saturated rings. The average molecular weight is 247 g/mol. The van der Waals surface area contributed by atoms with Crippen molar-refractivity contribution in [3.8, 4) is 0 Å². The molecule has 1 N–H and O–H groups in total. The van der Waals surface area contributed by atoms with Crippen molar-refractivity contribution in [2.24, 2.45) is 0 Å². The van der Waals surface area contributed by atoms with Gasteiger partial charge in [-0.2, -0.15) is 13.2 Å². The second-order valence-electron chi connectivity index (χ2n) is 3.41. The summed E-state index contributed by atoms with van der Waals surface area (Å²) in [5, 5.41) is 2.40. The van der Waals surface area contributed by atoms with Crippen molar-refractivity contribution >= 4 is 5.91 Å². The predicted molar refractivity (Wildman–Crippen MR) is 54.0 cm³/mol. The van der Waals surface area contributed by atoms with Crippen molar-refractivity contribution in [2.75, 3.05) is 6.54 Å². The maximum atomic E-state index is 11.8. The molecule has 0 bridgehead atoms. The molecule has 0 saturated heterocycles. The van der Waals surface area contributed by atoms with Gasteiger partial charge in [-0.25, -0.2) is 0 Å². The topological polar surface area (TPSA) is 54.9 Å². The first-order valence-corrected chi connectivity index (χ1v) is 5.06. The van der Waals surface area contributed by atoms with Crippen LogP contribution in [0.1, 0.15) is 18.5 Å². The monoisotopic (exact) mass is 247 g/mol. The van der Waals surface area contributed by atoms with Crippen molar-refractivity contribution < 1.29 is 18.0 Å². The molecule has 0 atom stereocenters. The number of aromatic nitrogens is 2. The summed E-state index contributed by atoms with van der Waals surface area (Å²) < 4.78 is 35.4. The Bertz CT molecular complexity index is 354. The molecule has 0 radical (unpaired) electrons. The number of alkyl halides is 3. The van der Waals surface area contributed by atoms with Gasteiger partial charge in [0.05, 0.1) is 12.1 Å². The van der Waals surface area contributed by atoms with E-state index in [2.05, 4.69) is 15.3 Å². The fourth-order valence-electron chi connectivity index (χ4n) is 1.13. The molecule has 1 rings (SSSR count). The molecule has 0 aliphatic heterocycles. The van der Waals surface area contributed by atoms with E-state index in [1.807, 2.05) is 0 Å². The van der Waals surface area contributed by atoms with Crippen LogP contribution >= 0.6 is 0 Å². The molecule has 0 aliphatic carbocycles. The minimum atomic E-state index is -4.29. The molecule has 0 unspecified atom stereocenters. The summed E-state index contributed by atoms with van der Waals surface area (Å²) in [7, 11) is 0. The second-order valence-corrected chi connectivity index (χ2v) is 3.41. The minimum Gasteiger partial charge on any atom is -0.356 e. The first kappa shape index (κ1) is 13.4. The van der Waals surface area contributed by atoms with E-state index < -0.39 is 24.9 Å². The summed E-state index contributed by atoms with van der Waals surface area (Å²) in [5.74, 6) is -0.605. The Kier molecular flexibility index (Phi) is 4.86. The van der Waals surface area contributed by atoms with Crippen LogP contribution in [0.15, 0.2) is 18.6 Å². The highest BCUT2D eigenvalue weighted by Crippen LogP contribution is 2.20. The van der Waals surface area contributed by atoms with Crippen LogP contribution < -0.4 is 5.32 Å². The van der Waals surface area contributed by atoms with Crippen LogP contribution in [0.4, 0.5) is 13.2 Å². The van der Waals surface area contributed by atoms with Gasteiger partial charge in [0.2, 0.25) is 5.91 Å². The van der Waals surface area contributed by atoms with Gasteiger partial charge in [-0.1, -0.05) is 0 Å². The zero-order valence-corrected chi connectivity index (χ0v) is 9.00. The van der Waals surface area contributed by atoms with Gasteiger partial charge in [0.1, 0.15) is 0 Å². The van der Waals surface area contributed by atoms with Gasteiger partial charge < -0.3 is 5.32 Å². The predicted octanol–water partition coefficient (Wildman–Crippen LogP) is 1.48. The Morgan fingerprint density at radius 3 is 2.71 bits per heavy atom. The third-order valence-electron chi connectivity index (χ3n) is 1.96. The molecule has 0 spiro atoms. The lowest BCUT2D eigenvalue weighted by molar-refractivity contribution is -0.144. The van der Waals surface area contributed by atoms with Crippen LogP contribution in [-0.2, 0) is 11.2 Å². The molecule has 1 aromatic rings. The van der Waals surface area contributed by atoms with E-state index in [9.17, 15) is 18.0 Å². The average Bonchev–Trinajstić information content (AvgIpc) is 2.27. The van der Waals surface area contributed by atoms with Gasteiger partial charge in [-0.05, 0) is 0 Å². The van der Waals surface area contributed by atoms with Gasteiger partial charge in [0, 0.05) is 38.0 Å². The van der Waals surface area contributed by atoms with E-state index in [0.29, 0.717) is 12.1 Å². The van der Waals surface area contributed by atoms with E-state index in [1.54, 1.807) is 6.20 Å². The summed E-state index contributed by atoms with van der Waals surface area (Å²) >= 11 is 0. The Morgan fingerprint density at radius 2 is 2.12 bits per heavy atom. The van der Waals surface area contributed by atoms with E-state index in [1.165, 1.54) is 12.4 Å². The number of rotatable bonds is 5. The molecular formula is C10H12F3N3O. The quantitative estimate of drug-likeness (QED) is 0.857. The number of halogens is 3. The summed E-state index contributed by atoms with van der Waals surface area (Å²) in [4.78, 5) is 18.8. The summed E-state index contributed by atoms with van der Waals surface area (Å²) in [5.41, 5.74) is 0.684. The van der Waals surface area contributed by atoms with E-state index in [-0.39, 0.29) is 6.54 Å². The van der Waals surface area contributed by atoms with E-state index in [0.717, 1.165) is 0 Å². The fraction of sp³-hybridized carbons (Fsp3) is 0.500. The molecular weight excluding hydrogens is 235 g/mol. The van der Waals surface area contributed by atoms with Crippen LogP contribution in [0.2, 0.25) is 0 Å². The molecule has 1 heterocycles. The lowest BCUT2D eigenvalue weighted by Crippen LogP contribution is -2.27. The maximum absolute atomic E-state index is 11.8. The summed E-state index contributed by atoms with van der Waals surface area (Å²) in [6, 6.07) is 0. The SMILES string of the molecule is O=C(CCC(F)(F)F)NCCc1cnccn1. The third-order valence-corrected chi connectivity index (χ3v) is 1.96. The highest BCUT2D eigenvalue weighted by molar-refractivity contribution is 5.75. The zero-order valence-electron chi connectivity index (χ0n) is 9.00. The van der Waals surface area contributed by atoms with Crippen molar-refractivity contribution in [3.63, 3.8) is 0 Å². The Balaban J connectivity index is 2.17. The maximum Gasteiger partial charge on any atom is 0.389 e. The molecule has 4 nitrogen and oxygen atoms in total. The first-order valence-electron chi connectivity index (χ1n) is 5.06. The highest BCUT2D eigenvalue weighted by atomic mass is 19.4. The van der Waals surface area contributed by atoms with Crippen LogP contribution in [0.3, 0.4) is 0 Å². The van der Waals surface area contributed by atoms with E-state index in [4.69, 9.17) is 0 Å². The molecule has 0 aromatic carbocycles.